The Morgan fingerprint density at radius 1 is 1.09 bits per heavy atom. The molecule has 2 aromatic rings. The molecular formula is C17H20N2O3. The lowest BCUT2D eigenvalue weighted by molar-refractivity contribution is -0.119. The van der Waals surface area contributed by atoms with Crippen molar-refractivity contribution in [2.75, 3.05) is 18.5 Å². The fourth-order valence-corrected chi connectivity index (χ4v) is 1.96. The predicted molar refractivity (Wildman–Crippen MR) is 86.1 cm³/mol. The number of carbonyl (C=O) groups excluding carboxylic acids is 1. The van der Waals surface area contributed by atoms with Gasteiger partial charge in [0.1, 0.15) is 0 Å². The topological polar surface area (TPSA) is 73.6 Å². The van der Waals surface area contributed by atoms with Gasteiger partial charge in [-0.1, -0.05) is 24.3 Å². The van der Waals surface area contributed by atoms with Gasteiger partial charge in [0, 0.05) is 12.2 Å². The van der Waals surface area contributed by atoms with E-state index in [1.807, 2.05) is 49.4 Å². The molecule has 0 spiro atoms. The van der Waals surface area contributed by atoms with Gasteiger partial charge in [-0.3, -0.25) is 4.79 Å². The third kappa shape index (κ3) is 4.70. The number of amides is 1. The highest BCUT2D eigenvalue weighted by molar-refractivity contribution is 5.75. The Morgan fingerprint density at radius 2 is 1.86 bits per heavy atom. The van der Waals surface area contributed by atoms with Gasteiger partial charge in [-0.2, -0.15) is 0 Å². The summed E-state index contributed by atoms with van der Waals surface area (Å²) in [4.78, 5) is 10.8. The van der Waals surface area contributed by atoms with Gasteiger partial charge < -0.3 is 20.5 Å². The van der Waals surface area contributed by atoms with E-state index in [0.717, 1.165) is 11.3 Å². The Kier molecular flexibility index (Phi) is 5.65. The number of rotatable bonds is 8. The zero-order chi connectivity index (χ0) is 15.8. The van der Waals surface area contributed by atoms with Crippen LogP contribution in [0.4, 0.5) is 5.69 Å². The third-order valence-electron chi connectivity index (χ3n) is 2.95. The van der Waals surface area contributed by atoms with Crippen molar-refractivity contribution in [1.82, 2.24) is 0 Å². The summed E-state index contributed by atoms with van der Waals surface area (Å²) in [5, 5.41) is 3.33. The summed E-state index contributed by atoms with van der Waals surface area (Å²) in [5.74, 6) is 0.609. The average molecular weight is 300 g/mol. The van der Waals surface area contributed by atoms with Gasteiger partial charge >= 0.3 is 0 Å². The molecule has 116 valence electrons. The molecule has 0 unspecified atom stereocenters. The highest BCUT2D eigenvalue weighted by atomic mass is 16.5. The Balaban J connectivity index is 2.05. The Labute approximate surface area is 130 Å². The van der Waals surface area contributed by atoms with Gasteiger partial charge in [-0.15, -0.1) is 0 Å². The molecule has 0 aliphatic carbocycles. The molecule has 5 heteroatoms. The lowest BCUT2D eigenvalue weighted by atomic mass is 10.2. The quantitative estimate of drug-likeness (QED) is 0.786. The van der Waals surface area contributed by atoms with Crippen LogP contribution in [-0.4, -0.2) is 19.1 Å². The number of hydrogen-bond donors (Lipinski definition) is 2. The SMILES string of the molecule is CCOc1cc(CNc2ccccc2)ccc1OCC(N)=O. The van der Waals surface area contributed by atoms with Crippen LogP contribution in [0.5, 0.6) is 11.5 Å². The fraction of sp³-hybridized carbons (Fsp3) is 0.235. The van der Waals surface area contributed by atoms with E-state index < -0.39 is 5.91 Å². The Bertz CT molecular complexity index is 615. The molecular weight excluding hydrogens is 280 g/mol. The second-order valence-electron chi connectivity index (χ2n) is 4.69. The first-order chi connectivity index (χ1) is 10.7. The third-order valence-corrected chi connectivity index (χ3v) is 2.95. The standard InChI is InChI=1S/C17H20N2O3/c1-2-21-16-10-13(8-9-15(16)22-12-17(18)20)11-19-14-6-4-3-5-7-14/h3-10,19H,2,11-12H2,1H3,(H2,18,20). The molecule has 0 saturated carbocycles. The van der Waals surface area contributed by atoms with Crippen molar-refractivity contribution in [2.45, 2.75) is 13.5 Å². The van der Waals surface area contributed by atoms with Crippen molar-refractivity contribution in [2.24, 2.45) is 5.73 Å². The van der Waals surface area contributed by atoms with E-state index in [4.69, 9.17) is 15.2 Å². The maximum Gasteiger partial charge on any atom is 0.255 e. The van der Waals surface area contributed by atoms with Crippen LogP contribution in [0.2, 0.25) is 0 Å². The average Bonchev–Trinajstić information content (AvgIpc) is 2.53. The van der Waals surface area contributed by atoms with Gasteiger partial charge in [-0.25, -0.2) is 0 Å². The van der Waals surface area contributed by atoms with Gasteiger partial charge in [0.25, 0.3) is 5.91 Å². The van der Waals surface area contributed by atoms with Crippen LogP contribution in [0.1, 0.15) is 12.5 Å². The Hall–Kier alpha value is -2.69. The smallest absolute Gasteiger partial charge is 0.255 e. The first-order valence-corrected chi connectivity index (χ1v) is 7.14. The Morgan fingerprint density at radius 3 is 2.55 bits per heavy atom. The van der Waals surface area contributed by atoms with Crippen molar-refractivity contribution in [3.8, 4) is 11.5 Å². The first-order valence-electron chi connectivity index (χ1n) is 7.14. The lowest BCUT2D eigenvalue weighted by Crippen LogP contribution is -2.20. The van der Waals surface area contributed by atoms with Gasteiger partial charge in [-0.05, 0) is 36.8 Å². The molecule has 0 radical (unpaired) electrons. The normalized spacial score (nSPS) is 10.0. The predicted octanol–water partition coefficient (Wildman–Crippen LogP) is 2.56. The zero-order valence-electron chi connectivity index (χ0n) is 12.5. The van der Waals surface area contributed by atoms with E-state index in [1.165, 1.54) is 0 Å². The van der Waals surface area contributed by atoms with Gasteiger partial charge in [0.15, 0.2) is 18.1 Å². The molecule has 0 saturated heterocycles. The van der Waals surface area contributed by atoms with Crippen molar-refractivity contribution in [3.05, 3.63) is 54.1 Å². The number of nitrogens with one attached hydrogen (secondary N) is 1. The number of nitrogens with two attached hydrogens (primary N) is 1. The molecule has 0 aromatic heterocycles. The number of carbonyl (C=O) groups is 1. The highest BCUT2D eigenvalue weighted by Gasteiger charge is 2.08. The van der Waals surface area contributed by atoms with Crippen LogP contribution in [0, 0.1) is 0 Å². The number of benzene rings is 2. The summed E-state index contributed by atoms with van der Waals surface area (Å²) in [7, 11) is 0. The minimum atomic E-state index is -0.516. The number of hydrogen-bond acceptors (Lipinski definition) is 4. The van der Waals surface area contributed by atoms with Crippen molar-refractivity contribution < 1.29 is 14.3 Å². The van der Waals surface area contributed by atoms with Crippen LogP contribution in [0.25, 0.3) is 0 Å². The van der Waals surface area contributed by atoms with E-state index in [9.17, 15) is 4.79 Å². The highest BCUT2D eigenvalue weighted by Crippen LogP contribution is 2.28. The maximum atomic E-state index is 10.8. The van der Waals surface area contributed by atoms with Crippen LogP contribution < -0.4 is 20.5 Å². The minimum absolute atomic E-state index is 0.165. The van der Waals surface area contributed by atoms with E-state index in [0.29, 0.717) is 24.7 Å². The molecule has 2 rings (SSSR count). The maximum absolute atomic E-state index is 10.8. The van der Waals surface area contributed by atoms with Gasteiger partial charge in [0.2, 0.25) is 0 Å². The number of anilines is 1. The van der Waals surface area contributed by atoms with E-state index in [-0.39, 0.29) is 6.61 Å². The summed E-state index contributed by atoms with van der Waals surface area (Å²) in [6.45, 7) is 2.91. The van der Waals surface area contributed by atoms with Crippen LogP contribution in [0.3, 0.4) is 0 Å². The van der Waals surface area contributed by atoms with Crippen molar-refractivity contribution in [1.29, 1.82) is 0 Å². The molecule has 22 heavy (non-hydrogen) atoms. The summed E-state index contributed by atoms with van der Waals surface area (Å²) < 4.78 is 10.9. The fourth-order valence-electron chi connectivity index (χ4n) is 1.96. The second-order valence-corrected chi connectivity index (χ2v) is 4.69. The summed E-state index contributed by atoms with van der Waals surface area (Å²) in [6.07, 6.45) is 0. The van der Waals surface area contributed by atoms with E-state index >= 15 is 0 Å². The zero-order valence-corrected chi connectivity index (χ0v) is 12.5. The summed E-state index contributed by atoms with van der Waals surface area (Å²) >= 11 is 0. The van der Waals surface area contributed by atoms with Crippen molar-refractivity contribution >= 4 is 11.6 Å². The summed E-state index contributed by atoms with van der Waals surface area (Å²) in [6, 6.07) is 15.6. The molecule has 0 aliphatic rings. The largest absolute Gasteiger partial charge is 0.490 e. The molecule has 2 aromatic carbocycles. The monoisotopic (exact) mass is 300 g/mol. The van der Waals surface area contributed by atoms with Crippen LogP contribution in [-0.2, 0) is 11.3 Å². The molecule has 0 atom stereocenters. The summed E-state index contributed by atoms with van der Waals surface area (Å²) in [5.41, 5.74) is 7.20. The van der Waals surface area contributed by atoms with E-state index in [2.05, 4.69) is 5.32 Å². The molecule has 1 amide bonds. The van der Waals surface area contributed by atoms with Gasteiger partial charge in [0.05, 0.1) is 6.61 Å². The van der Waals surface area contributed by atoms with Crippen molar-refractivity contribution in [3.63, 3.8) is 0 Å². The number of ether oxygens (including phenoxy) is 2. The molecule has 5 nitrogen and oxygen atoms in total. The minimum Gasteiger partial charge on any atom is -0.490 e. The first kappa shape index (κ1) is 15.7. The lowest BCUT2D eigenvalue weighted by Gasteiger charge is -2.13. The number of primary amides is 1. The second kappa shape index (κ2) is 7.93. The van der Waals surface area contributed by atoms with E-state index in [1.54, 1.807) is 6.07 Å². The van der Waals surface area contributed by atoms with Crippen LogP contribution in [0.15, 0.2) is 48.5 Å². The molecule has 0 fully saturated rings. The molecule has 0 aliphatic heterocycles. The molecule has 0 bridgehead atoms. The number of para-hydroxylation sites is 1. The van der Waals surface area contributed by atoms with Crippen LogP contribution >= 0.6 is 0 Å². The molecule has 0 heterocycles. The molecule has 3 N–H and O–H groups in total.